The van der Waals surface area contributed by atoms with E-state index in [2.05, 4.69) is 20.9 Å². The maximum Gasteiger partial charge on any atom is 0.405 e. The highest BCUT2D eigenvalue weighted by Gasteiger charge is 2.57. The quantitative estimate of drug-likeness (QED) is 0.223. The van der Waals surface area contributed by atoms with Gasteiger partial charge in [-0.1, -0.05) is 6.07 Å². The molecule has 3 fully saturated rings. The normalized spacial score (nSPS) is 19.0. The minimum absolute atomic E-state index is 0.0733. The maximum atomic E-state index is 13.6. The predicted octanol–water partition coefficient (Wildman–Crippen LogP) is 5.93. The number of rotatable bonds is 8. The largest absolute Gasteiger partial charge is 0.496 e. The van der Waals surface area contributed by atoms with Crippen LogP contribution in [0.5, 0.6) is 5.75 Å². The van der Waals surface area contributed by atoms with Crippen LogP contribution in [0.4, 0.5) is 23.4 Å². The number of fused-ring (bicyclic) bond motifs is 1. The molecule has 2 amide bonds. The highest BCUT2D eigenvalue weighted by molar-refractivity contribution is 6.11. The Labute approximate surface area is 237 Å². The van der Waals surface area contributed by atoms with Crippen molar-refractivity contribution in [3.05, 3.63) is 65.5 Å². The average Bonchev–Trinajstić information content (AvgIpc) is 3.30. The van der Waals surface area contributed by atoms with Gasteiger partial charge in [0.05, 0.1) is 23.6 Å². The molecule has 12 heteroatoms. The molecule has 0 aliphatic heterocycles. The van der Waals surface area contributed by atoms with E-state index in [4.69, 9.17) is 9.15 Å². The Bertz CT molecular complexity index is 1700. The van der Waals surface area contributed by atoms with Crippen LogP contribution in [0.2, 0.25) is 0 Å². The van der Waals surface area contributed by atoms with Crippen molar-refractivity contribution in [1.82, 2.24) is 15.6 Å². The lowest BCUT2D eigenvalue weighted by atomic mass is 9.50. The van der Waals surface area contributed by atoms with Gasteiger partial charge in [-0.25, -0.2) is 4.39 Å². The van der Waals surface area contributed by atoms with Gasteiger partial charge in [0.15, 0.2) is 0 Å². The molecule has 2 heterocycles. The first-order valence-corrected chi connectivity index (χ1v) is 13.3. The Morgan fingerprint density at radius 3 is 2.33 bits per heavy atom. The van der Waals surface area contributed by atoms with Gasteiger partial charge in [-0.3, -0.25) is 9.59 Å². The number of anilines is 1. The van der Waals surface area contributed by atoms with Crippen molar-refractivity contribution in [2.24, 2.45) is 5.92 Å². The van der Waals surface area contributed by atoms with Crippen molar-refractivity contribution in [3.63, 3.8) is 0 Å². The smallest absolute Gasteiger partial charge is 0.405 e. The van der Waals surface area contributed by atoms with Crippen molar-refractivity contribution in [3.8, 4) is 28.2 Å². The minimum atomic E-state index is -4.56. The summed E-state index contributed by atoms with van der Waals surface area (Å²) in [5.41, 5.74) is 0.916. The zero-order valence-corrected chi connectivity index (χ0v) is 22.6. The van der Waals surface area contributed by atoms with Crippen molar-refractivity contribution < 1.29 is 36.3 Å². The monoisotopic (exact) mass is 582 g/mol. The lowest BCUT2D eigenvalue weighted by molar-refractivity contribution is -0.115. The molecule has 42 heavy (non-hydrogen) atoms. The fourth-order valence-electron chi connectivity index (χ4n) is 5.71. The van der Waals surface area contributed by atoms with Crippen LogP contribution < -0.4 is 20.7 Å². The highest BCUT2D eigenvalue weighted by atomic mass is 19.4. The maximum absolute atomic E-state index is 13.6. The summed E-state index contributed by atoms with van der Waals surface area (Å²) in [7, 11) is 2.85. The number of hydrogen-bond acceptors (Lipinski definition) is 6. The van der Waals surface area contributed by atoms with Crippen LogP contribution in [0.1, 0.15) is 40.0 Å². The summed E-state index contributed by atoms with van der Waals surface area (Å²) < 4.78 is 64.7. The van der Waals surface area contributed by atoms with Gasteiger partial charge in [0.2, 0.25) is 5.71 Å². The van der Waals surface area contributed by atoms with E-state index in [9.17, 15) is 27.2 Å². The van der Waals surface area contributed by atoms with Crippen LogP contribution >= 0.6 is 0 Å². The molecule has 2 aromatic heterocycles. The molecular formula is C30H26F4N4O4. The fourth-order valence-corrected chi connectivity index (χ4v) is 5.71. The molecule has 0 spiro atoms. The Hall–Kier alpha value is -4.61. The number of carbonyl (C=O) groups excluding carboxylic acids is 2. The van der Waals surface area contributed by atoms with Gasteiger partial charge in [-0.2, -0.15) is 18.2 Å². The fraction of sp³-hybridized carbons (Fsp3) is 0.300. The second-order valence-electron chi connectivity index (χ2n) is 10.7. The van der Waals surface area contributed by atoms with Gasteiger partial charge in [0.25, 0.3) is 11.8 Å². The molecule has 2 bridgehead atoms. The van der Waals surface area contributed by atoms with Crippen LogP contribution in [0.25, 0.3) is 33.6 Å². The third-order valence-corrected chi connectivity index (χ3v) is 7.87. The standard InChI is InChI=1S/C30H26F4N4O4/c1-35-27(40)23-21-10-19(17-5-8-22(41-2)20(9-17)26(39)38-29-11-15(12-29)13-29)25(36-14-30(32,33)34)37-28(21)42-24(23)16-3-6-18(31)7-4-16/h3-10,15H,11-14H2,1-2H3,(H,35,40)(H,36,37)(H,38,39). The van der Waals surface area contributed by atoms with Gasteiger partial charge >= 0.3 is 6.18 Å². The Morgan fingerprint density at radius 2 is 1.74 bits per heavy atom. The summed E-state index contributed by atoms with van der Waals surface area (Å²) in [5.74, 6) is -0.534. The van der Waals surface area contributed by atoms with Gasteiger partial charge in [0, 0.05) is 23.7 Å². The van der Waals surface area contributed by atoms with Crippen molar-refractivity contribution >= 4 is 28.7 Å². The molecule has 2 aromatic carbocycles. The van der Waals surface area contributed by atoms with Crippen LogP contribution in [-0.4, -0.2) is 49.2 Å². The summed E-state index contributed by atoms with van der Waals surface area (Å²) >= 11 is 0. The van der Waals surface area contributed by atoms with E-state index in [-0.39, 0.29) is 50.8 Å². The molecule has 7 rings (SSSR count). The van der Waals surface area contributed by atoms with E-state index >= 15 is 0 Å². The molecule has 218 valence electrons. The van der Waals surface area contributed by atoms with E-state index in [1.807, 2.05) is 0 Å². The molecule has 3 aliphatic carbocycles. The zero-order chi connectivity index (χ0) is 29.8. The summed E-state index contributed by atoms with van der Waals surface area (Å²) in [6, 6.07) is 11.4. The summed E-state index contributed by atoms with van der Waals surface area (Å²) in [5, 5.41) is 8.17. The molecule has 0 atom stereocenters. The SMILES string of the molecule is CNC(=O)c1c(-c2ccc(F)cc2)oc2nc(NCC(F)(F)F)c(-c3ccc(OC)c(C(=O)NC45CC(C4)C5)c3)cc12. The molecule has 4 aromatic rings. The van der Waals surface area contributed by atoms with E-state index < -0.39 is 24.4 Å². The molecule has 3 N–H and O–H groups in total. The first kappa shape index (κ1) is 27.6. The molecule has 0 radical (unpaired) electrons. The van der Waals surface area contributed by atoms with Crippen LogP contribution in [0.3, 0.4) is 0 Å². The number of hydrogen-bond donors (Lipinski definition) is 3. The number of nitrogens with zero attached hydrogens (tertiary/aromatic N) is 1. The molecule has 3 saturated carbocycles. The number of halogens is 4. The van der Waals surface area contributed by atoms with Crippen LogP contribution in [-0.2, 0) is 0 Å². The van der Waals surface area contributed by atoms with Gasteiger partial charge in [-0.15, -0.1) is 0 Å². The van der Waals surface area contributed by atoms with Crippen LogP contribution in [0, 0.1) is 11.7 Å². The number of methoxy groups -OCH3 is 1. The van der Waals surface area contributed by atoms with Gasteiger partial charge < -0.3 is 25.1 Å². The number of ether oxygens (including phenoxy) is 1. The first-order valence-electron chi connectivity index (χ1n) is 13.3. The van der Waals surface area contributed by atoms with E-state index in [1.54, 1.807) is 12.1 Å². The second kappa shape index (κ2) is 10.0. The van der Waals surface area contributed by atoms with Gasteiger partial charge in [0.1, 0.15) is 29.7 Å². The number of benzene rings is 2. The van der Waals surface area contributed by atoms with E-state index in [0.29, 0.717) is 22.8 Å². The third kappa shape index (κ3) is 4.90. The Morgan fingerprint density at radius 1 is 1.05 bits per heavy atom. The van der Waals surface area contributed by atoms with Crippen molar-refractivity contribution in [2.45, 2.75) is 31.0 Å². The van der Waals surface area contributed by atoms with Gasteiger partial charge in [-0.05, 0) is 73.2 Å². The highest BCUT2D eigenvalue weighted by Crippen LogP contribution is 2.57. The summed E-state index contributed by atoms with van der Waals surface area (Å²) in [6.45, 7) is -1.39. The Kier molecular flexibility index (Phi) is 6.58. The van der Waals surface area contributed by atoms with E-state index in [0.717, 1.165) is 19.3 Å². The average molecular weight is 583 g/mol. The lowest BCUT2D eigenvalue weighted by Gasteiger charge is -2.61. The van der Waals surface area contributed by atoms with Crippen LogP contribution in [0.15, 0.2) is 52.9 Å². The second-order valence-corrected chi connectivity index (χ2v) is 10.7. The Balaban J connectivity index is 1.51. The number of nitrogens with one attached hydrogen (secondary N) is 3. The number of amides is 2. The zero-order valence-electron chi connectivity index (χ0n) is 22.6. The van der Waals surface area contributed by atoms with E-state index in [1.165, 1.54) is 50.6 Å². The van der Waals surface area contributed by atoms with Crippen molar-refractivity contribution in [1.29, 1.82) is 0 Å². The number of pyridine rings is 1. The number of furan rings is 1. The molecule has 8 nitrogen and oxygen atoms in total. The first-order chi connectivity index (χ1) is 20.0. The molecule has 3 aliphatic rings. The third-order valence-electron chi connectivity index (χ3n) is 7.87. The van der Waals surface area contributed by atoms with Crippen molar-refractivity contribution in [2.75, 3.05) is 26.0 Å². The topological polar surface area (TPSA) is 105 Å². The number of aromatic nitrogens is 1. The predicted molar refractivity (Wildman–Crippen MR) is 147 cm³/mol. The molecule has 0 saturated heterocycles. The number of carbonyl (C=O) groups is 2. The number of alkyl halides is 3. The molecule has 0 unspecified atom stereocenters. The summed E-state index contributed by atoms with van der Waals surface area (Å²) in [4.78, 5) is 30.7. The minimum Gasteiger partial charge on any atom is -0.496 e. The lowest BCUT2D eigenvalue weighted by Crippen LogP contribution is -2.68. The summed E-state index contributed by atoms with van der Waals surface area (Å²) in [6.07, 6.45) is -1.79. The molecular weight excluding hydrogens is 556 g/mol.